The maximum absolute atomic E-state index is 6.31. The number of rotatable bonds is 5. The molecule has 0 bridgehead atoms. The number of ether oxygens (including phenoxy) is 3. The van der Waals surface area contributed by atoms with Crippen LogP contribution in [0.15, 0.2) is 53.1 Å². The van der Waals surface area contributed by atoms with Gasteiger partial charge in [0.25, 0.3) is 0 Å². The van der Waals surface area contributed by atoms with Crippen molar-refractivity contribution in [3.8, 4) is 39.7 Å². The molecule has 0 spiro atoms. The van der Waals surface area contributed by atoms with Gasteiger partial charge >= 0.3 is 0 Å². The fraction of sp³-hybridized carbons (Fsp3) is 0.208. The molecule has 0 unspecified atom stereocenters. The van der Waals surface area contributed by atoms with Gasteiger partial charge in [-0.05, 0) is 48.7 Å². The van der Waals surface area contributed by atoms with Crippen molar-refractivity contribution in [1.29, 1.82) is 0 Å². The summed E-state index contributed by atoms with van der Waals surface area (Å²) in [5.74, 6) is 2.38. The highest BCUT2D eigenvalue weighted by molar-refractivity contribution is 5.94. The quantitative estimate of drug-likeness (QED) is 0.431. The Morgan fingerprint density at radius 1 is 0.828 bits per heavy atom. The third kappa shape index (κ3) is 3.18. The van der Waals surface area contributed by atoms with Gasteiger partial charge in [-0.25, -0.2) is 0 Å². The van der Waals surface area contributed by atoms with Gasteiger partial charge in [0.15, 0.2) is 17.1 Å². The summed E-state index contributed by atoms with van der Waals surface area (Å²) in [6.07, 6.45) is 1.82. The molecule has 5 nitrogen and oxygen atoms in total. The van der Waals surface area contributed by atoms with Crippen molar-refractivity contribution in [2.45, 2.75) is 13.8 Å². The van der Waals surface area contributed by atoms with E-state index in [0.717, 1.165) is 22.2 Å². The summed E-state index contributed by atoms with van der Waals surface area (Å²) in [6.45, 7) is 4.22. The Labute approximate surface area is 169 Å². The van der Waals surface area contributed by atoms with Crippen LogP contribution in [0.4, 0.5) is 0 Å². The number of hydrogen-bond donors (Lipinski definition) is 0. The molecule has 0 aliphatic carbocycles. The van der Waals surface area contributed by atoms with E-state index in [0.29, 0.717) is 23.0 Å². The summed E-state index contributed by atoms with van der Waals surface area (Å²) in [4.78, 5) is 4.51. The van der Waals surface area contributed by atoms with Gasteiger partial charge < -0.3 is 18.6 Å². The number of benzene rings is 2. The second kappa shape index (κ2) is 7.51. The summed E-state index contributed by atoms with van der Waals surface area (Å²) < 4.78 is 22.7. The molecule has 0 fully saturated rings. The average Bonchev–Trinajstić information content (AvgIpc) is 3.17. The van der Waals surface area contributed by atoms with Crippen molar-refractivity contribution in [2.24, 2.45) is 0 Å². The van der Waals surface area contributed by atoms with Crippen LogP contribution in [0, 0.1) is 13.8 Å². The maximum Gasteiger partial charge on any atom is 0.203 e. The Hall–Kier alpha value is -3.47. The van der Waals surface area contributed by atoms with E-state index in [9.17, 15) is 0 Å². The number of nitrogens with zero attached hydrogens (tertiary/aromatic N) is 1. The van der Waals surface area contributed by atoms with Gasteiger partial charge in [-0.3, -0.25) is 4.98 Å². The van der Waals surface area contributed by atoms with E-state index < -0.39 is 0 Å². The van der Waals surface area contributed by atoms with Gasteiger partial charge in [-0.15, -0.1) is 0 Å². The van der Waals surface area contributed by atoms with E-state index >= 15 is 0 Å². The largest absolute Gasteiger partial charge is 0.493 e. The summed E-state index contributed by atoms with van der Waals surface area (Å²) in [5.41, 5.74) is 6.98. The molecule has 0 atom stereocenters. The highest BCUT2D eigenvalue weighted by Gasteiger charge is 2.19. The molecule has 0 amide bonds. The summed E-state index contributed by atoms with van der Waals surface area (Å²) in [6, 6.07) is 14.0. The standard InChI is InChI=1S/C24H23NO4/c1-14-7-6-8-15(2)22(14)17-9-10-25-18-13-19(29-23(17)18)16-11-20(26-3)24(28-5)21(12-16)27-4/h6-13H,1-5H3. The normalized spacial score (nSPS) is 10.9. The highest BCUT2D eigenvalue weighted by Crippen LogP contribution is 2.43. The minimum Gasteiger partial charge on any atom is -0.493 e. The van der Waals surface area contributed by atoms with Crippen molar-refractivity contribution < 1.29 is 18.6 Å². The van der Waals surface area contributed by atoms with E-state index in [4.69, 9.17) is 18.6 Å². The van der Waals surface area contributed by atoms with Crippen LogP contribution >= 0.6 is 0 Å². The van der Waals surface area contributed by atoms with Crippen molar-refractivity contribution in [1.82, 2.24) is 4.98 Å². The monoisotopic (exact) mass is 389 g/mol. The van der Waals surface area contributed by atoms with Crippen LogP contribution in [-0.2, 0) is 0 Å². The predicted molar refractivity (Wildman–Crippen MR) is 114 cm³/mol. The smallest absolute Gasteiger partial charge is 0.203 e. The van der Waals surface area contributed by atoms with Crippen LogP contribution < -0.4 is 14.2 Å². The number of methoxy groups -OCH3 is 3. The molecule has 2 aromatic carbocycles. The molecular weight excluding hydrogens is 366 g/mol. The number of aryl methyl sites for hydroxylation is 2. The van der Waals surface area contributed by atoms with E-state index in [1.807, 2.05) is 30.5 Å². The minimum absolute atomic E-state index is 0.546. The molecule has 4 aromatic rings. The molecule has 0 radical (unpaired) electrons. The molecule has 0 aliphatic rings. The van der Waals surface area contributed by atoms with Gasteiger partial charge in [0.2, 0.25) is 5.75 Å². The first-order valence-electron chi connectivity index (χ1n) is 9.33. The zero-order valence-corrected chi connectivity index (χ0v) is 17.2. The molecule has 0 saturated heterocycles. The van der Waals surface area contributed by atoms with E-state index in [-0.39, 0.29) is 0 Å². The lowest BCUT2D eigenvalue weighted by Gasteiger charge is -2.13. The van der Waals surface area contributed by atoms with Crippen LogP contribution in [0.1, 0.15) is 11.1 Å². The maximum atomic E-state index is 6.31. The fourth-order valence-electron chi connectivity index (χ4n) is 3.74. The molecular formula is C24H23NO4. The van der Waals surface area contributed by atoms with Crippen LogP contribution in [0.2, 0.25) is 0 Å². The van der Waals surface area contributed by atoms with Gasteiger partial charge in [-0.1, -0.05) is 18.2 Å². The first kappa shape index (κ1) is 18.9. The topological polar surface area (TPSA) is 53.7 Å². The summed E-state index contributed by atoms with van der Waals surface area (Å²) in [5, 5.41) is 0. The predicted octanol–water partition coefficient (Wildman–Crippen LogP) is 5.80. The van der Waals surface area contributed by atoms with E-state index in [1.165, 1.54) is 16.7 Å². The minimum atomic E-state index is 0.546. The van der Waals surface area contributed by atoms with Crippen LogP contribution in [0.3, 0.4) is 0 Å². The van der Waals surface area contributed by atoms with Crippen molar-refractivity contribution >= 4 is 11.1 Å². The second-order valence-corrected chi connectivity index (χ2v) is 6.86. The number of hydrogen-bond acceptors (Lipinski definition) is 5. The molecule has 5 heteroatoms. The Morgan fingerprint density at radius 2 is 1.48 bits per heavy atom. The molecule has 148 valence electrons. The number of fused-ring (bicyclic) bond motifs is 1. The van der Waals surface area contributed by atoms with E-state index in [1.54, 1.807) is 21.3 Å². The second-order valence-electron chi connectivity index (χ2n) is 6.86. The molecule has 0 saturated carbocycles. The number of furan rings is 1. The lowest BCUT2D eigenvalue weighted by Crippen LogP contribution is -1.95. The third-order valence-electron chi connectivity index (χ3n) is 5.11. The zero-order valence-electron chi connectivity index (χ0n) is 17.2. The fourth-order valence-corrected chi connectivity index (χ4v) is 3.74. The van der Waals surface area contributed by atoms with Gasteiger partial charge in [-0.2, -0.15) is 0 Å². The molecule has 2 heterocycles. The summed E-state index contributed by atoms with van der Waals surface area (Å²) in [7, 11) is 4.78. The van der Waals surface area contributed by atoms with Gasteiger partial charge in [0, 0.05) is 23.4 Å². The molecule has 2 aromatic heterocycles. The van der Waals surface area contributed by atoms with Crippen LogP contribution in [-0.4, -0.2) is 26.3 Å². The SMILES string of the molecule is COc1cc(-c2cc3nccc(-c4c(C)cccc4C)c3o2)cc(OC)c1OC. The van der Waals surface area contributed by atoms with Crippen LogP contribution in [0.5, 0.6) is 17.2 Å². The first-order chi connectivity index (χ1) is 14.1. The first-order valence-corrected chi connectivity index (χ1v) is 9.33. The Balaban J connectivity index is 1.92. The third-order valence-corrected chi connectivity index (χ3v) is 5.11. The van der Waals surface area contributed by atoms with Gasteiger partial charge in [0.1, 0.15) is 11.3 Å². The molecule has 0 N–H and O–H groups in total. The Kier molecular flexibility index (Phi) is 4.89. The van der Waals surface area contributed by atoms with Crippen LogP contribution in [0.25, 0.3) is 33.6 Å². The molecule has 0 aliphatic heterocycles. The van der Waals surface area contributed by atoms with Crippen molar-refractivity contribution in [3.05, 3.63) is 59.8 Å². The van der Waals surface area contributed by atoms with Crippen molar-refractivity contribution in [3.63, 3.8) is 0 Å². The number of aromatic nitrogens is 1. The zero-order chi connectivity index (χ0) is 20.5. The summed E-state index contributed by atoms with van der Waals surface area (Å²) >= 11 is 0. The molecule has 29 heavy (non-hydrogen) atoms. The van der Waals surface area contributed by atoms with E-state index in [2.05, 4.69) is 37.0 Å². The lowest BCUT2D eigenvalue weighted by atomic mass is 9.96. The highest BCUT2D eigenvalue weighted by atomic mass is 16.5. The average molecular weight is 389 g/mol. The Morgan fingerprint density at radius 3 is 2.07 bits per heavy atom. The molecule has 4 rings (SSSR count). The lowest BCUT2D eigenvalue weighted by molar-refractivity contribution is 0.324. The Bertz CT molecular complexity index is 1150. The number of pyridine rings is 1. The van der Waals surface area contributed by atoms with Gasteiger partial charge in [0.05, 0.1) is 21.3 Å². The van der Waals surface area contributed by atoms with Crippen molar-refractivity contribution in [2.75, 3.05) is 21.3 Å².